The standard InChI is InChI=1S/C20H23ClN4O4S/c1-3-5-10-25-18-17(19(27)23-20(25)28)24(4-2)15(22-18)11-29-16(26)12-30-14-9-7-6-8-13(14)21/h6-9H,3-5,10-12H2,1-2H3,(H,23,27,28). The van der Waals surface area contributed by atoms with E-state index in [4.69, 9.17) is 16.3 Å². The number of aromatic nitrogens is 4. The highest BCUT2D eigenvalue weighted by Crippen LogP contribution is 2.26. The number of rotatable bonds is 9. The molecule has 0 radical (unpaired) electrons. The maximum atomic E-state index is 12.4. The van der Waals surface area contributed by atoms with Crippen molar-refractivity contribution < 1.29 is 9.53 Å². The number of ether oxygens (including phenoxy) is 1. The van der Waals surface area contributed by atoms with Crippen molar-refractivity contribution in [2.24, 2.45) is 0 Å². The van der Waals surface area contributed by atoms with Crippen LogP contribution in [0.1, 0.15) is 32.5 Å². The number of hydrogen-bond acceptors (Lipinski definition) is 6. The molecule has 2 aromatic heterocycles. The first-order valence-corrected chi connectivity index (χ1v) is 11.1. The van der Waals surface area contributed by atoms with Crippen LogP contribution in [0.2, 0.25) is 5.02 Å². The fourth-order valence-corrected chi connectivity index (χ4v) is 4.11. The molecule has 1 N–H and O–H groups in total. The van der Waals surface area contributed by atoms with Crippen molar-refractivity contribution in [3.63, 3.8) is 0 Å². The summed E-state index contributed by atoms with van der Waals surface area (Å²) >= 11 is 7.38. The van der Waals surface area contributed by atoms with Gasteiger partial charge in [-0.2, -0.15) is 0 Å². The van der Waals surface area contributed by atoms with E-state index in [1.807, 2.05) is 32.0 Å². The molecule has 0 aliphatic heterocycles. The van der Waals surface area contributed by atoms with E-state index in [9.17, 15) is 14.4 Å². The summed E-state index contributed by atoms with van der Waals surface area (Å²) in [4.78, 5) is 44.4. The van der Waals surface area contributed by atoms with E-state index in [-0.39, 0.29) is 12.4 Å². The van der Waals surface area contributed by atoms with Crippen molar-refractivity contribution in [1.82, 2.24) is 19.1 Å². The van der Waals surface area contributed by atoms with Crippen LogP contribution in [0.25, 0.3) is 11.2 Å². The van der Waals surface area contributed by atoms with Gasteiger partial charge in [-0.3, -0.25) is 19.1 Å². The number of aryl methyl sites for hydroxylation is 2. The Hall–Kier alpha value is -2.52. The number of thioether (sulfide) groups is 1. The van der Waals surface area contributed by atoms with Crippen LogP contribution < -0.4 is 11.2 Å². The van der Waals surface area contributed by atoms with Crippen molar-refractivity contribution in [3.05, 3.63) is 56.0 Å². The lowest BCUT2D eigenvalue weighted by atomic mass is 10.3. The minimum Gasteiger partial charge on any atom is -0.457 e. The largest absolute Gasteiger partial charge is 0.457 e. The van der Waals surface area contributed by atoms with Crippen molar-refractivity contribution in [1.29, 1.82) is 0 Å². The molecule has 3 aromatic rings. The number of aromatic amines is 1. The summed E-state index contributed by atoms with van der Waals surface area (Å²) in [6.07, 6.45) is 1.68. The van der Waals surface area contributed by atoms with Crippen LogP contribution in [0.15, 0.2) is 38.8 Å². The minimum absolute atomic E-state index is 0.0914. The second-order valence-electron chi connectivity index (χ2n) is 6.59. The lowest BCUT2D eigenvalue weighted by Crippen LogP contribution is -2.31. The molecule has 10 heteroatoms. The summed E-state index contributed by atoms with van der Waals surface area (Å²) in [5.41, 5.74) is -0.356. The lowest BCUT2D eigenvalue weighted by Gasteiger charge is -2.07. The van der Waals surface area contributed by atoms with Gasteiger partial charge in [0.2, 0.25) is 0 Å². The highest BCUT2D eigenvalue weighted by molar-refractivity contribution is 8.00. The van der Waals surface area contributed by atoms with Gasteiger partial charge in [0.1, 0.15) is 12.4 Å². The zero-order valence-electron chi connectivity index (χ0n) is 16.8. The quantitative estimate of drug-likeness (QED) is 0.397. The number of hydrogen-bond donors (Lipinski definition) is 1. The van der Waals surface area contributed by atoms with E-state index in [1.165, 1.54) is 16.3 Å². The number of H-pyrrole nitrogens is 1. The van der Waals surface area contributed by atoms with Crippen LogP contribution in [0, 0.1) is 0 Å². The molecule has 0 saturated heterocycles. The normalized spacial score (nSPS) is 11.2. The fraction of sp³-hybridized carbons (Fsp3) is 0.400. The molecule has 3 rings (SSSR count). The van der Waals surface area contributed by atoms with Crippen LogP contribution in [-0.2, 0) is 29.2 Å². The molecule has 0 bridgehead atoms. The molecule has 0 atom stereocenters. The Kier molecular flexibility index (Phi) is 7.38. The number of carbonyl (C=O) groups excluding carboxylic acids is 1. The second-order valence-corrected chi connectivity index (χ2v) is 8.01. The first kappa shape index (κ1) is 22.2. The van der Waals surface area contributed by atoms with Gasteiger partial charge in [-0.05, 0) is 25.5 Å². The molecule has 0 saturated carbocycles. The molecule has 0 amide bonds. The number of esters is 1. The second kappa shape index (κ2) is 9.99. The zero-order chi connectivity index (χ0) is 21.7. The van der Waals surface area contributed by atoms with Crippen LogP contribution in [0.3, 0.4) is 0 Å². The smallest absolute Gasteiger partial charge is 0.330 e. The maximum absolute atomic E-state index is 12.4. The monoisotopic (exact) mass is 450 g/mol. The maximum Gasteiger partial charge on any atom is 0.330 e. The average molecular weight is 451 g/mol. The SMILES string of the molecule is CCCCn1c(=O)[nH]c(=O)c2c1nc(COC(=O)CSc1ccccc1Cl)n2CC. The van der Waals surface area contributed by atoms with Crippen molar-refractivity contribution in [2.75, 3.05) is 5.75 Å². The molecule has 1 aromatic carbocycles. The number of halogens is 1. The minimum atomic E-state index is -0.496. The number of carbonyl (C=O) groups is 1. The van der Waals surface area contributed by atoms with Gasteiger partial charge in [0.15, 0.2) is 11.2 Å². The van der Waals surface area contributed by atoms with Crippen molar-refractivity contribution in [3.8, 4) is 0 Å². The van der Waals surface area contributed by atoms with Gasteiger partial charge in [-0.15, -0.1) is 11.8 Å². The predicted molar refractivity (Wildman–Crippen MR) is 117 cm³/mol. The van der Waals surface area contributed by atoms with Gasteiger partial charge in [-0.1, -0.05) is 37.1 Å². The molecule has 0 aliphatic rings. The van der Waals surface area contributed by atoms with Gasteiger partial charge in [0.05, 0.1) is 10.8 Å². The van der Waals surface area contributed by atoms with E-state index in [0.29, 0.717) is 35.1 Å². The number of imidazole rings is 1. The van der Waals surface area contributed by atoms with E-state index in [0.717, 1.165) is 17.7 Å². The Morgan fingerprint density at radius 1 is 1.23 bits per heavy atom. The molecule has 8 nitrogen and oxygen atoms in total. The van der Waals surface area contributed by atoms with Crippen LogP contribution in [0.4, 0.5) is 0 Å². The third-order valence-corrected chi connectivity index (χ3v) is 6.05. The van der Waals surface area contributed by atoms with Crippen LogP contribution in [-0.4, -0.2) is 30.8 Å². The van der Waals surface area contributed by atoms with Crippen molar-refractivity contribution in [2.45, 2.75) is 51.3 Å². The van der Waals surface area contributed by atoms with Gasteiger partial charge in [0.25, 0.3) is 5.56 Å². The fourth-order valence-electron chi connectivity index (χ4n) is 3.08. The number of fused-ring (bicyclic) bond motifs is 1. The Balaban J connectivity index is 1.79. The number of nitrogens with one attached hydrogen (secondary N) is 1. The molecule has 30 heavy (non-hydrogen) atoms. The predicted octanol–water partition coefficient (Wildman–Crippen LogP) is 3.20. The van der Waals surface area contributed by atoms with Crippen LogP contribution >= 0.6 is 23.4 Å². The molecule has 0 unspecified atom stereocenters. The van der Waals surface area contributed by atoms with Crippen LogP contribution in [0.5, 0.6) is 0 Å². The zero-order valence-corrected chi connectivity index (χ0v) is 18.4. The van der Waals surface area contributed by atoms with E-state index in [1.54, 1.807) is 10.6 Å². The van der Waals surface area contributed by atoms with Gasteiger partial charge < -0.3 is 9.30 Å². The highest BCUT2D eigenvalue weighted by Gasteiger charge is 2.18. The van der Waals surface area contributed by atoms with E-state index >= 15 is 0 Å². The van der Waals surface area contributed by atoms with Gasteiger partial charge in [-0.25, -0.2) is 9.78 Å². The first-order valence-electron chi connectivity index (χ1n) is 9.71. The summed E-state index contributed by atoms with van der Waals surface area (Å²) < 4.78 is 8.50. The van der Waals surface area contributed by atoms with Gasteiger partial charge in [0, 0.05) is 18.0 Å². The lowest BCUT2D eigenvalue weighted by molar-refractivity contribution is -0.142. The summed E-state index contributed by atoms with van der Waals surface area (Å²) in [5.74, 6) is 0.0922. The number of unbranched alkanes of at least 4 members (excludes halogenated alkanes) is 1. The highest BCUT2D eigenvalue weighted by atomic mass is 35.5. The Morgan fingerprint density at radius 2 is 2.00 bits per heavy atom. The third kappa shape index (κ3) is 4.79. The molecular weight excluding hydrogens is 428 g/mol. The summed E-state index contributed by atoms with van der Waals surface area (Å²) in [7, 11) is 0. The topological polar surface area (TPSA) is 99.0 Å². The van der Waals surface area contributed by atoms with Gasteiger partial charge >= 0.3 is 11.7 Å². The summed E-state index contributed by atoms with van der Waals surface area (Å²) in [6.45, 7) is 4.69. The third-order valence-electron chi connectivity index (χ3n) is 4.56. The summed E-state index contributed by atoms with van der Waals surface area (Å²) in [5, 5.41) is 0.576. The Bertz CT molecular complexity index is 1170. The molecular formula is C20H23ClN4O4S. The molecule has 0 fully saturated rings. The number of benzene rings is 1. The Morgan fingerprint density at radius 3 is 2.70 bits per heavy atom. The van der Waals surface area contributed by atoms with E-state index < -0.39 is 17.2 Å². The molecule has 0 spiro atoms. The molecule has 0 aliphatic carbocycles. The molecule has 2 heterocycles. The molecule has 160 valence electrons. The summed E-state index contributed by atoms with van der Waals surface area (Å²) in [6, 6.07) is 7.26. The first-order chi connectivity index (χ1) is 14.5. The Labute approximate surface area is 182 Å². The van der Waals surface area contributed by atoms with E-state index in [2.05, 4.69) is 9.97 Å². The number of nitrogens with zero attached hydrogens (tertiary/aromatic N) is 3. The van der Waals surface area contributed by atoms with Crippen molar-refractivity contribution >= 4 is 40.5 Å². The average Bonchev–Trinajstić information content (AvgIpc) is 3.10.